The van der Waals surface area contributed by atoms with Crippen molar-refractivity contribution in [2.24, 2.45) is 5.41 Å². The number of ether oxygens (including phenoxy) is 1. The maximum absolute atomic E-state index is 9.04. The van der Waals surface area contributed by atoms with E-state index >= 15 is 0 Å². The number of pyridine rings is 1. The SMILES string of the molecule is [2H]c1c([2H])c([2H])c(-c2cccc(-c3c([2H])c([2H])c([2H])c([2H])c3[2H])c2-[n+]2[c-]n(-c3cccc(Oc4ccc5c6ccccc6n(-c6cc(C([2H])([2H])C(C)(C)C)ccn6)c5c4)c3)c3cccc(C)c32)c([2H])c1[2H]. The van der Waals surface area contributed by atoms with Gasteiger partial charge < -0.3 is 4.74 Å². The van der Waals surface area contributed by atoms with Crippen LogP contribution in [0.15, 0.2) is 182 Å². The average Bonchev–Trinajstić information content (AvgIpc) is 3.90. The number of aryl methyl sites for hydroxylation is 1. The molecule has 10 rings (SSSR count). The molecule has 0 aliphatic heterocycles. The van der Waals surface area contributed by atoms with E-state index in [0.717, 1.165) is 27.4 Å². The summed E-state index contributed by atoms with van der Waals surface area (Å²) in [6, 6.07) is 29.7. The van der Waals surface area contributed by atoms with E-state index in [4.69, 9.17) is 26.2 Å². The quantitative estimate of drug-likeness (QED) is 0.114. The van der Waals surface area contributed by atoms with Crippen LogP contribution in [0.3, 0.4) is 0 Å². The van der Waals surface area contributed by atoms with E-state index in [1.165, 1.54) is 0 Å². The number of para-hydroxylation sites is 3. The van der Waals surface area contributed by atoms with Gasteiger partial charge in [0.1, 0.15) is 17.3 Å². The topological polar surface area (TPSA) is 35.9 Å². The first-order valence-corrected chi connectivity index (χ1v) is 19.2. The van der Waals surface area contributed by atoms with Gasteiger partial charge in [-0.1, -0.05) is 142 Å². The van der Waals surface area contributed by atoms with Gasteiger partial charge in [-0.15, -0.1) is 0 Å². The van der Waals surface area contributed by atoms with E-state index < -0.39 is 72.2 Å². The Bertz CT molecular complexity index is 3710. The lowest BCUT2D eigenvalue weighted by atomic mass is 9.88. The maximum atomic E-state index is 9.04. The predicted octanol–water partition coefficient (Wildman–Crippen LogP) is 13.2. The van der Waals surface area contributed by atoms with Crippen molar-refractivity contribution in [2.75, 3.05) is 0 Å². The summed E-state index contributed by atoms with van der Waals surface area (Å²) in [5, 5.41) is 1.94. The Morgan fingerprint density at radius 1 is 0.678 bits per heavy atom. The standard InChI is InChI=1S/C54H44N4O/c1-37-16-13-27-49-52(37)57(53-44(39-17-7-5-8-18-39)24-15-25-45(53)40-19-9-6-10-20-40)36-56(49)41-21-14-22-42(33-41)59-43-28-29-47-46-23-11-12-26-48(46)58(50(47)34-43)51-32-38(30-31-55-51)35-54(2,3)4/h5-34H,35H2,1-4H3/i5D,6D,7D,8D,9D,10D,17D,18D,19D,20D,35D2. The number of benzene rings is 7. The van der Waals surface area contributed by atoms with Crippen molar-refractivity contribution in [3.05, 3.63) is 199 Å². The molecule has 0 unspecified atom stereocenters. The van der Waals surface area contributed by atoms with Gasteiger partial charge in [0.25, 0.3) is 6.33 Å². The first-order chi connectivity index (χ1) is 33.7. The van der Waals surface area contributed by atoms with Gasteiger partial charge in [-0.3, -0.25) is 13.7 Å². The van der Waals surface area contributed by atoms with Crippen LogP contribution in [0.4, 0.5) is 0 Å². The molecule has 7 aromatic carbocycles. The molecule has 0 saturated carbocycles. The van der Waals surface area contributed by atoms with Gasteiger partial charge in [0, 0.05) is 25.8 Å². The van der Waals surface area contributed by atoms with Crippen molar-refractivity contribution in [2.45, 2.75) is 34.1 Å². The highest BCUT2D eigenvalue weighted by atomic mass is 16.5. The first kappa shape index (κ1) is 25.2. The van der Waals surface area contributed by atoms with Crippen LogP contribution in [-0.2, 0) is 6.37 Å². The predicted molar refractivity (Wildman–Crippen MR) is 241 cm³/mol. The fourth-order valence-corrected chi connectivity index (χ4v) is 7.77. The molecular formula is C54H44N4O. The molecule has 0 atom stereocenters. The number of imidazole rings is 1. The molecule has 59 heavy (non-hydrogen) atoms. The molecule has 0 aliphatic rings. The molecule has 0 radical (unpaired) electrons. The van der Waals surface area contributed by atoms with Crippen LogP contribution in [0.25, 0.3) is 72.3 Å². The average molecular weight is 777 g/mol. The number of nitrogens with zero attached hydrogens (tertiary/aromatic N) is 4. The Kier molecular flexibility index (Phi) is 6.24. The number of hydrogen-bond donors (Lipinski definition) is 0. The minimum absolute atomic E-state index is 0.142. The lowest BCUT2D eigenvalue weighted by Crippen LogP contribution is -2.32. The van der Waals surface area contributed by atoms with Crippen molar-refractivity contribution in [3.63, 3.8) is 0 Å². The minimum atomic E-state index is -1.65. The van der Waals surface area contributed by atoms with E-state index in [1.54, 1.807) is 45.7 Å². The van der Waals surface area contributed by atoms with Crippen molar-refractivity contribution < 1.29 is 25.8 Å². The van der Waals surface area contributed by atoms with Crippen LogP contribution in [0.1, 0.15) is 48.3 Å². The van der Waals surface area contributed by atoms with Gasteiger partial charge in [0.2, 0.25) is 0 Å². The second kappa shape index (κ2) is 14.6. The highest BCUT2D eigenvalue weighted by molar-refractivity contribution is 6.09. The van der Waals surface area contributed by atoms with Crippen LogP contribution < -0.4 is 9.30 Å². The third kappa shape index (κ3) is 6.75. The first-order valence-electron chi connectivity index (χ1n) is 25.2. The largest absolute Gasteiger partial charge is 0.458 e. The Labute approximate surface area is 361 Å². The van der Waals surface area contributed by atoms with E-state index in [-0.39, 0.29) is 27.9 Å². The zero-order valence-electron chi connectivity index (χ0n) is 44.7. The maximum Gasteiger partial charge on any atom is 0.269 e. The highest BCUT2D eigenvalue weighted by Crippen LogP contribution is 2.37. The second-order valence-corrected chi connectivity index (χ2v) is 15.3. The molecule has 0 N–H and O–H groups in total. The van der Waals surface area contributed by atoms with E-state index in [2.05, 4.69) is 6.33 Å². The van der Waals surface area contributed by atoms with Crippen LogP contribution in [-0.4, -0.2) is 14.1 Å². The molecule has 286 valence electrons. The minimum Gasteiger partial charge on any atom is -0.458 e. The molecule has 0 spiro atoms. The molecule has 0 saturated heterocycles. The summed E-state index contributed by atoms with van der Waals surface area (Å²) in [5.74, 6) is 1.54. The van der Waals surface area contributed by atoms with E-state index in [0.29, 0.717) is 39.6 Å². The van der Waals surface area contributed by atoms with Crippen molar-refractivity contribution in [1.82, 2.24) is 14.1 Å². The van der Waals surface area contributed by atoms with Crippen molar-refractivity contribution in [1.29, 1.82) is 0 Å². The summed E-state index contributed by atoms with van der Waals surface area (Å²) in [4.78, 5) is 4.74. The van der Waals surface area contributed by atoms with Crippen molar-refractivity contribution in [3.8, 4) is 50.9 Å². The Morgan fingerprint density at radius 3 is 2.08 bits per heavy atom. The van der Waals surface area contributed by atoms with Gasteiger partial charge in [0.05, 0.1) is 47.1 Å². The van der Waals surface area contributed by atoms with Gasteiger partial charge in [-0.2, -0.15) is 0 Å². The number of aromatic nitrogens is 4. The van der Waals surface area contributed by atoms with Crippen LogP contribution in [0.5, 0.6) is 11.5 Å². The molecule has 0 aliphatic carbocycles. The summed E-state index contributed by atoms with van der Waals surface area (Å²) in [6.45, 7) is 7.51. The molecule has 0 bridgehead atoms. The summed E-state index contributed by atoms with van der Waals surface area (Å²) in [7, 11) is 0. The monoisotopic (exact) mass is 776 g/mol. The third-order valence-corrected chi connectivity index (χ3v) is 10.1. The van der Waals surface area contributed by atoms with E-state index in [1.807, 2.05) is 117 Å². The fourth-order valence-electron chi connectivity index (χ4n) is 7.77. The van der Waals surface area contributed by atoms with Crippen LogP contribution >= 0.6 is 0 Å². The Morgan fingerprint density at radius 2 is 1.34 bits per heavy atom. The normalized spacial score (nSPS) is 14.9. The summed E-state index contributed by atoms with van der Waals surface area (Å²) >= 11 is 0. The zero-order chi connectivity index (χ0) is 50.6. The summed E-state index contributed by atoms with van der Waals surface area (Å²) < 4.78 is 117. The van der Waals surface area contributed by atoms with Crippen LogP contribution in [0.2, 0.25) is 0 Å². The number of rotatable bonds is 8. The molecule has 5 nitrogen and oxygen atoms in total. The highest BCUT2D eigenvalue weighted by Gasteiger charge is 2.21. The van der Waals surface area contributed by atoms with Gasteiger partial charge in [-0.05, 0) is 101 Å². The second-order valence-electron chi connectivity index (χ2n) is 15.3. The molecular weight excluding hydrogens is 721 g/mol. The Balaban J connectivity index is 1.15. The number of hydrogen-bond acceptors (Lipinski definition) is 2. The lowest BCUT2D eigenvalue weighted by molar-refractivity contribution is -0.571. The molecule has 3 heterocycles. The molecule has 0 amide bonds. The molecule has 10 aromatic rings. The Hall–Kier alpha value is -7.24. The van der Waals surface area contributed by atoms with Crippen LogP contribution in [0, 0.1) is 18.7 Å². The zero-order valence-corrected chi connectivity index (χ0v) is 32.7. The number of fused-ring (bicyclic) bond motifs is 4. The molecule has 0 fully saturated rings. The molecule has 5 heteroatoms. The van der Waals surface area contributed by atoms with Gasteiger partial charge >= 0.3 is 0 Å². The summed E-state index contributed by atoms with van der Waals surface area (Å²) in [6.07, 6.45) is 3.45. The fraction of sp³-hybridized carbons (Fsp3) is 0.111. The lowest BCUT2D eigenvalue weighted by Gasteiger charge is -2.18. The van der Waals surface area contributed by atoms with Gasteiger partial charge in [0.15, 0.2) is 0 Å². The third-order valence-electron chi connectivity index (χ3n) is 10.1. The van der Waals surface area contributed by atoms with E-state index in [9.17, 15) is 0 Å². The summed E-state index contributed by atoms with van der Waals surface area (Å²) in [5.41, 5.74) is 4.29. The van der Waals surface area contributed by atoms with Gasteiger partial charge in [-0.25, -0.2) is 4.98 Å². The molecule has 3 aromatic heterocycles. The van der Waals surface area contributed by atoms with Crippen molar-refractivity contribution >= 4 is 32.8 Å². The smallest absolute Gasteiger partial charge is 0.269 e.